The Morgan fingerprint density at radius 1 is 1.12 bits per heavy atom. The van der Waals surface area contributed by atoms with E-state index in [1.165, 1.54) is 12.8 Å². The summed E-state index contributed by atoms with van der Waals surface area (Å²) in [7, 11) is -3.33. The van der Waals surface area contributed by atoms with Crippen LogP contribution in [0.5, 0.6) is 0 Å². The number of rotatable bonds is 5. The van der Waals surface area contributed by atoms with Gasteiger partial charge in [-0.2, -0.15) is 0 Å². The molecule has 1 aliphatic rings. The average Bonchev–Trinajstić information content (AvgIpc) is 2.83. The summed E-state index contributed by atoms with van der Waals surface area (Å²) in [5.74, 6) is 0. The van der Waals surface area contributed by atoms with Crippen molar-refractivity contribution in [3.8, 4) is 0 Å². The lowest BCUT2D eigenvalue weighted by Gasteiger charge is -2.14. The molecule has 4 nitrogen and oxygen atoms in total. The van der Waals surface area contributed by atoms with Crippen molar-refractivity contribution in [2.45, 2.75) is 17.7 Å². The fourth-order valence-corrected chi connectivity index (χ4v) is 3.07. The second kappa shape index (κ2) is 5.62. The van der Waals surface area contributed by atoms with Crippen LogP contribution in [0.25, 0.3) is 0 Å². The molecule has 17 heavy (non-hydrogen) atoms. The summed E-state index contributed by atoms with van der Waals surface area (Å²) in [6, 6.07) is 8.49. The molecule has 0 saturated carbocycles. The molecule has 0 atom stereocenters. The summed E-state index contributed by atoms with van der Waals surface area (Å²) >= 11 is 0. The predicted octanol–water partition coefficient (Wildman–Crippen LogP) is 1.06. The molecule has 0 aliphatic carbocycles. The Morgan fingerprint density at radius 2 is 1.76 bits per heavy atom. The van der Waals surface area contributed by atoms with E-state index >= 15 is 0 Å². The molecule has 0 radical (unpaired) electrons. The Kier molecular flexibility index (Phi) is 4.15. The first-order valence-electron chi connectivity index (χ1n) is 5.95. The van der Waals surface area contributed by atoms with Gasteiger partial charge in [0.15, 0.2) is 0 Å². The molecule has 2 rings (SSSR count). The second-order valence-electron chi connectivity index (χ2n) is 4.26. The number of nitrogens with one attached hydrogen (secondary N) is 1. The zero-order chi connectivity index (χ0) is 12.1. The molecule has 1 aliphatic heterocycles. The van der Waals surface area contributed by atoms with Gasteiger partial charge in [0.05, 0.1) is 4.90 Å². The van der Waals surface area contributed by atoms with Gasteiger partial charge < -0.3 is 4.90 Å². The van der Waals surface area contributed by atoms with E-state index in [2.05, 4.69) is 9.62 Å². The van der Waals surface area contributed by atoms with Gasteiger partial charge in [-0.05, 0) is 38.1 Å². The first-order chi connectivity index (χ1) is 8.18. The summed E-state index contributed by atoms with van der Waals surface area (Å²) < 4.78 is 26.4. The third kappa shape index (κ3) is 3.52. The van der Waals surface area contributed by atoms with Crippen LogP contribution in [0.2, 0.25) is 0 Å². The molecule has 5 heteroatoms. The van der Waals surface area contributed by atoms with Crippen molar-refractivity contribution in [2.75, 3.05) is 26.2 Å². The van der Waals surface area contributed by atoms with Crippen LogP contribution in [0.3, 0.4) is 0 Å². The fourth-order valence-electron chi connectivity index (χ4n) is 2.03. The molecular formula is C12H18N2O2S. The molecule has 1 saturated heterocycles. The lowest BCUT2D eigenvalue weighted by Crippen LogP contribution is -2.33. The zero-order valence-corrected chi connectivity index (χ0v) is 10.6. The molecular weight excluding hydrogens is 236 g/mol. The van der Waals surface area contributed by atoms with Crippen LogP contribution in [0, 0.1) is 0 Å². The summed E-state index contributed by atoms with van der Waals surface area (Å²) in [6.07, 6.45) is 2.46. The largest absolute Gasteiger partial charge is 0.302 e. The van der Waals surface area contributed by atoms with Crippen LogP contribution >= 0.6 is 0 Å². The van der Waals surface area contributed by atoms with Crippen molar-refractivity contribution in [3.05, 3.63) is 30.3 Å². The van der Waals surface area contributed by atoms with E-state index in [0.717, 1.165) is 19.6 Å². The van der Waals surface area contributed by atoms with E-state index in [1.54, 1.807) is 24.3 Å². The minimum absolute atomic E-state index is 0.335. The van der Waals surface area contributed by atoms with Gasteiger partial charge in [0, 0.05) is 13.1 Å². The van der Waals surface area contributed by atoms with Gasteiger partial charge in [0.25, 0.3) is 0 Å². The monoisotopic (exact) mass is 254 g/mol. The first kappa shape index (κ1) is 12.5. The van der Waals surface area contributed by atoms with Gasteiger partial charge in [-0.1, -0.05) is 18.2 Å². The van der Waals surface area contributed by atoms with Crippen molar-refractivity contribution < 1.29 is 8.42 Å². The minimum atomic E-state index is -3.33. The maximum absolute atomic E-state index is 11.9. The molecule has 1 fully saturated rings. The smallest absolute Gasteiger partial charge is 0.240 e. The quantitative estimate of drug-likeness (QED) is 0.855. The molecule has 1 aromatic rings. The van der Waals surface area contributed by atoms with Gasteiger partial charge in [-0.25, -0.2) is 13.1 Å². The lowest BCUT2D eigenvalue weighted by atomic mass is 10.4. The minimum Gasteiger partial charge on any atom is -0.302 e. The van der Waals surface area contributed by atoms with Crippen LogP contribution in [0.15, 0.2) is 35.2 Å². The number of hydrogen-bond donors (Lipinski definition) is 1. The molecule has 1 heterocycles. The predicted molar refractivity (Wildman–Crippen MR) is 67.3 cm³/mol. The van der Waals surface area contributed by atoms with E-state index in [1.807, 2.05) is 6.07 Å². The van der Waals surface area contributed by atoms with Crippen molar-refractivity contribution in [1.29, 1.82) is 0 Å². The molecule has 0 unspecified atom stereocenters. The molecule has 0 aromatic heterocycles. The van der Waals surface area contributed by atoms with Gasteiger partial charge in [0.1, 0.15) is 0 Å². The molecule has 1 N–H and O–H groups in total. The van der Waals surface area contributed by atoms with Crippen LogP contribution < -0.4 is 4.72 Å². The zero-order valence-electron chi connectivity index (χ0n) is 9.80. The third-order valence-corrected chi connectivity index (χ3v) is 4.45. The van der Waals surface area contributed by atoms with Crippen LogP contribution in [-0.2, 0) is 10.0 Å². The number of benzene rings is 1. The van der Waals surface area contributed by atoms with Gasteiger partial charge in [0.2, 0.25) is 10.0 Å². The highest BCUT2D eigenvalue weighted by atomic mass is 32.2. The Balaban J connectivity index is 1.85. The van der Waals surface area contributed by atoms with E-state index in [4.69, 9.17) is 0 Å². The highest BCUT2D eigenvalue weighted by molar-refractivity contribution is 7.89. The Bertz CT molecular complexity index is 439. The highest BCUT2D eigenvalue weighted by Gasteiger charge is 2.15. The Labute approximate surface area is 103 Å². The standard InChI is InChI=1S/C12H18N2O2S/c15-17(16,12-6-2-1-3-7-12)13-8-11-14-9-4-5-10-14/h1-3,6-7,13H,4-5,8-11H2. The average molecular weight is 254 g/mol. The van der Waals surface area contributed by atoms with Gasteiger partial charge in [-0.15, -0.1) is 0 Å². The van der Waals surface area contributed by atoms with Crippen LogP contribution in [0.4, 0.5) is 0 Å². The molecule has 94 valence electrons. The number of sulfonamides is 1. The summed E-state index contributed by atoms with van der Waals surface area (Å²) in [6.45, 7) is 3.46. The molecule has 0 spiro atoms. The van der Waals surface area contributed by atoms with Crippen LogP contribution in [0.1, 0.15) is 12.8 Å². The van der Waals surface area contributed by atoms with E-state index in [9.17, 15) is 8.42 Å². The summed E-state index contributed by atoms with van der Waals surface area (Å²) in [5.41, 5.74) is 0. The Morgan fingerprint density at radius 3 is 2.41 bits per heavy atom. The van der Waals surface area contributed by atoms with Crippen LogP contribution in [-0.4, -0.2) is 39.5 Å². The lowest BCUT2D eigenvalue weighted by molar-refractivity contribution is 0.344. The molecule has 0 amide bonds. The molecule has 0 bridgehead atoms. The maximum atomic E-state index is 11.9. The van der Waals surface area contributed by atoms with Crippen molar-refractivity contribution in [3.63, 3.8) is 0 Å². The topological polar surface area (TPSA) is 49.4 Å². The van der Waals surface area contributed by atoms with Gasteiger partial charge >= 0.3 is 0 Å². The van der Waals surface area contributed by atoms with Crippen molar-refractivity contribution >= 4 is 10.0 Å². The fraction of sp³-hybridized carbons (Fsp3) is 0.500. The Hall–Kier alpha value is -0.910. The first-order valence-corrected chi connectivity index (χ1v) is 7.44. The third-order valence-electron chi connectivity index (χ3n) is 2.97. The summed E-state index contributed by atoms with van der Waals surface area (Å²) in [5, 5.41) is 0. The SMILES string of the molecule is O=S(=O)(NCCN1CCCC1)c1ccccc1. The number of hydrogen-bond acceptors (Lipinski definition) is 3. The second-order valence-corrected chi connectivity index (χ2v) is 6.03. The van der Waals surface area contributed by atoms with E-state index in [-0.39, 0.29) is 0 Å². The van der Waals surface area contributed by atoms with Crippen molar-refractivity contribution in [2.24, 2.45) is 0 Å². The van der Waals surface area contributed by atoms with Gasteiger partial charge in [-0.3, -0.25) is 0 Å². The summed E-state index contributed by atoms with van der Waals surface area (Å²) in [4.78, 5) is 2.62. The number of nitrogens with zero attached hydrogens (tertiary/aromatic N) is 1. The normalized spacial score (nSPS) is 17.4. The van der Waals surface area contributed by atoms with E-state index < -0.39 is 10.0 Å². The molecule has 1 aromatic carbocycles. The highest BCUT2D eigenvalue weighted by Crippen LogP contribution is 2.08. The maximum Gasteiger partial charge on any atom is 0.240 e. The van der Waals surface area contributed by atoms with Crippen molar-refractivity contribution in [1.82, 2.24) is 9.62 Å². The number of likely N-dealkylation sites (tertiary alicyclic amines) is 1. The van der Waals surface area contributed by atoms with E-state index in [0.29, 0.717) is 11.4 Å².